The van der Waals surface area contributed by atoms with E-state index >= 15 is 0 Å². The van der Waals surface area contributed by atoms with Crippen molar-refractivity contribution in [2.45, 2.75) is 38.3 Å². The third kappa shape index (κ3) is 3.61. The molecule has 23 heavy (non-hydrogen) atoms. The first-order valence-corrected chi connectivity index (χ1v) is 8.53. The maximum Gasteiger partial charge on any atom is 0.245 e. The van der Waals surface area contributed by atoms with Crippen LogP contribution in [0.5, 0.6) is 0 Å². The van der Waals surface area contributed by atoms with Crippen molar-refractivity contribution in [2.75, 3.05) is 24.5 Å². The number of carbonyl (C=O) groups excluding carboxylic acids is 2. The van der Waals surface area contributed by atoms with E-state index in [1.807, 2.05) is 29.2 Å². The number of piperazine rings is 1. The summed E-state index contributed by atoms with van der Waals surface area (Å²) >= 11 is 6.06. The second kappa shape index (κ2) is 6.79. The van der Waals surface area contributed by atoms with Crippen LogP contribution < -0.4 is 10.2 Å². The molecular weight excluding hydrogens is 314 g/mol. The van der Waals surface area contributed by atoms with Gasteiger partial charge < -0.3 is 15.1 Å². The second-order valence-electron chi connectivity index (χ2n) is 6.32. The van der Waals surface area contributed by atoms with Gasteiger partial charge in [-0.25, -0.2) is 0 Å². The van der Waals surface area contributed by atoms with Crippen molar-refractivity contribution in [1.82, 2.24) is 10.2 Å². The summed E-state index contributed by atoms with van der Waals surface area (Å²) in [6, 6.07) is 7.55. The van der Waals surface area contributed by atoms with E-state index in [0.29, 0.717) is 13.0 Å². The van der Waals surface area contributed by atoms with E-state index in [0.717, 1.165) is 36.6 Å². The molecule has 2 aliphatic heterocycles. The summed E-state index contributed by atoms with van der Waals surface area (Å²) in [5, 5.41) is 3.54. The Hall–Kier alpha value is -1.75. The number of halogens is 1. The molecule has 2 atom stereocenters. The number of rotatable bonds is 2. The molecule has 0 radical (unpaired) electrons. The van der Waals surface area contributed by atoms with Crippen LogP contribution in [0, 0.1) is 0 Å². The van der Waals surface area contributed by atoms with Crippen molar-refractivity contribution in [2.24, 2.45) is 0 Å². The fourth-order valence-corrected chi connectivity index (χ4v) is 3.57. The number of amides is 2. The summed E-state index contributed by atoms with van der Waals surface area (Å²) in [4.78, 5) is 28.3. The first-order valence-electron chi connectivity index (χ1n) is 8.15. The molecule has 2 amide bonds. The molecule has 3 rings (SSSR count). The Morgan fingerprint density at radius 2 is 2.17 bits per heavy atom. The zero-order chi connectivity index (χ0) is 16.4. The maximum absolute atomic E-state index is 12.7. The Morgan fingerprint density at radius 3 is 2.87 bits per heavy atom. The van der Waals surface area contributed by atoms with Crippen LogP contribution in [0.2, 0.25) is 5.02 Å². The highest BCUT2D eigenvalue weighted by Crippen LogP contribution is 2.23. The molecule has 0 bridgehead atoms. The molecule has 5 nitrogen and oxygen atoms in total. The summed E-state index contributed by atoms with van der Waals surface area (Å²) in [5.41, 5.74) is 1.09. The molecule has 1 aromatic rings. The lowest BCUT2D eigenvalue weighted by Gasteiger charge is -2.42. The van der Waals surface area contributed by atoms with Gasteiger partial charge in [0.1, 0.15) is 6.04 Å². The predicted octanol–water partition coefficient (Wildman–Crippen LogP) is 2.05. The predicted molar refractivity (Wildman–Crippen MR) is 90.6 cm³/mol. The Labute approximate surface area is 141 Å². The van der Waals surface area contributed by atoms with Crippen molar-refractivity contribution in [3.63, 3.8) is 0 Å². The Kier molecular flexibility index (Phi) is 4.76. The minimum atomic E-state index is -0.351. The smallest absolute Gasteiger partial charge is 0.245 e. The van der Waals surface area contributed by atoms with Gasteiger partial charge in [-0.1, -0.05) is 17.7 Å². The Balaban J connectivity index is 1.64. The molecule has 2 unspecified atom stereocenters. The van der Waals surface area contributed by atoms with Crippen LogP contribution >= 0.6 is 11.6 Å². The van der Waals surface area contributed by atoms with E-state index in [1.54, 1.807) is 0 Å². The van der Waals surface area contributed by atoms with Gasteiger partial charge in [0.05, 0.1) is 0 Å². The molecule has 0 saturated carbocycles. The SMILES string of the molecule is CC1CN(c2cccc(Cl)c2)CCN1C(=O)C1CCCC(=O)N1. The van der Waals surface area contributed by atoms with Crippen molar-refractivity contribution in [1.29, 1.82) is 0 Å². The number of nitrogens with zero attached hydrogens (tertiary/aromatic N) is 2. The van der Waals surface area contributed by atoms with Crippen LogP contribution in [0.25, 0.3) is 0 Å². The highest BCUT2D eigenvalue weighted by Gasteiger charge is 2.33. The quantitative estimate of drug-likeness (QED) is 0.900. The van der Waals surface area contributed by atoms with Gasteiger partial charge in [0.2, 0.25) is 11.8 Å². The lowest BCUT2D eigenvalue weighted by Crippen LogP contribution is -2.59. The molecule has 2 aliphatic rings. The third-order valence-electron chi connectivity index (χ3n) is 4.61. The van der Waals surface area contributed by atoms with Crippen LogP contribution in [0.1, 0.15) is 26.2 Å². The van der Waals surface area contributed by atoms with Crippen molar-refractivity contribution in [3.05, 3.63) is 29.3 Å². The largest absolute Gasteiger partial charge is 0.368 e. The van der Waals surface area contributed by atoms with Gasteiger partial charge in [-0.3, -0.25) is 9.59 Å². The summed E-state index contributed by atoms with van der Waals surface area (Å²) in [6.07, 6.45) is 2.06. The van der Waals surface area contributed by atoms with E-state index in [2.05, 4.69) is 17.1 Å². The van der Waals surface area contributed by atoms with E-state index in [9.17, 15) is 9.59 Å². The van der Waals surface area contributed by atoms with Gasteiger partial charge in [-0.15, -0.1) is 0 Å². The van der Waals surface area contributed by atoms with Gasteiger partial charge in [-0.05, 0) is 38.0 Å². The zero-order valence-corrected chi connectivity index (χ0v) is 14.1. The van der Waals surface area contributed by atoms with E-state index in [4.69, 9.17) is 11.6 Å². The standard InChI is InChI=1S/C17H22ClN3O2/c1-12-11-20(14-5-2-4-13(18)10-14)8-9-21(12)17(23)15-6-3-7-16(22)19-15/h2,4-5,10,12,15H,3,6-9,11H2,1H3,(H,19,22). The monoisotopic (exact) mass is 335 g/mol. The number of carbonyl (C=O) groups is 2. The Morgan fingerprint density at radius 1 is 1.35 bits per heavy atom. The van der Waals surface area contributed by atoms with Gasteiger partial charge in [0.15, 0.2) is 0 Å². The minimum Gasteiger partial charge on any atom is -0.368 e. The Bertz CT molecular complexity index is 607. The van der Waals surface area contributed by atoms with Gasteiger partial charge in [0, 0.05) is 42.8 Å². The number of anilines is 1. The molecule has 0 aliphatic carbocycles. The average Bonchev–Trinajstić information content (AvgIpc) is 2.54. The van der Waals surface area contributed by atoms with E-state index in [-0.39, 0.29) is 23.9 Å². The number of nitrogens with one attached hydrogen (secondary N) is 1. The lowest BCUT2D eigenvalue weighted by atomic mass is 10.0. The maximum atomic E-state index is 12.7. The topological polar surface area (TPSA) is 52.7 Å². The zero-order valence-electron chi connectivity index (χ0n) is 13.3. The molecular formula is C17H22ClN3O2. The van der Waals surface area contributed by atoms with E-state index < -0.39 is 0 Å². The third-order valence-corrected chi connectivity index (χ3v) is 4.85. The molecule has 0 spiro atoms. The first-order chi connectivity index (χ1) is 11.0. The summed E-state index contributed by atoms with van der Waals surface area (Å²) in [5.74, 6) is 0.0381. The minimum absolute atomic E-state index is 0.0141. The molecule has 1 aromatic carbocycles. The summed E-state index contributed by atoms with van der Waals surface area (Å²) < 4.78 is 0. The fraction of sp³-hybridized carbons (Fsp3) is 0.529. The average molecular weight is 336 g/mol. The molecule has 0 aromatic heterocycles. The van der Waals surface area contributed by atoms with Crippen LogP contribution in [0.3, 0.4) is 0 Å². The van der Waals surface area contributed by atoms with Gasteiger partial charge >= 0.3 is 0 Å². The van der Waals surface area contributed by atoms with Gasteiger partial charge in [-0.2, -0.15) is 0 Å². The summed E-state index contributed by atoms with van der Waals surface area (Å²) in [7, 11) is 0. The number of hydrogen-bond donors (Lipinski definition) is 1. The van der Waals surface area contributed by atoms with Crippen LogP contribution in [0.15, 0.2) is 24.3 Å². The normalized spacial score (nSPS) is 25.2. The number of hydrogen-bond acceptors (Lipinski definition) is 3. The molecule has 2 saturated heterocycles. The first kappa shape index (κ1) is 16.1. The fourth-order valence-electron chi connectivity index (χ4n) is 3.38. The van der Waals surface area contributed by atoms with Crippen LogP contribution in [-0.4, -0.2) is 48.4 Å². The highest BCUT2D eigenvalue weighted by atomic mass is 35.5. The highest BCUT2D eigenvalue weighted by molar-refractivity contribution is 6.30. The van der Waals surface area contributed by atoms with Gasteiger partial charge in [0.25, 0.3) is 0 Å². The van der Waals surface area contributed by atoms with Crippen molar-refractivity contribution >= 4 is 29.1 Å². The van der Waals surface area contributed by atoms with Crippen LogP contribution in [0.4, 0.5) is 5.69 Å². The summed E-state index contributed by atoms with van der Waals surface area (Å²) in [6.45, 7) is 4.27. The molecule has 2 fully saturated rings. The van der Waals surface area contributed by atoms with Crippen LogP contribution in [-0.2, 0) is 9.59 Å². The molecule has 6 heteroatoms. The van der Waals surface area contributed by atoms with Crippen molar-refractivity contribution in [3.8, 4) is 0 Å². The molecule has 124 valence electrons. The second-order valence-corrected chi connectivity index (χ2v) is 6.76. The lowest BCUT2D eigenvalue weighted by molar-refractivity contribution is -0.140. The molecule has 1 N–H and O–H groups in total. The number of benzene rings is 1. The van der Waals surface area contributed by atoms with E-state index in [1.165, 1.54) is 0 Å². The molecule has 2 heterocycles. The number of piperidine rings is 1. The van der Waals surface area contributed by atoms with Crippen molar-refractivity contribution < 1.29 is 9.59 Å².